The summed E-state index contributed by atoms with van der Waals surface area (Å²) in [4.78, 5) is 27.5. The van der Waals surface area contributed by atoms with Crippen LogP contribution in [0.3, 0.4) is 0 Å². The van der Waals surface area contributed by atoms with E-state index in [1.165, 1.54) is 6.33 Å². The van der Waals surface area contributed by atoms with E-state index in [9.17, 15) is 4.79 Å². The molecule has 2 aromatic heterocycles. The van der Waals surface area contributed by atoms with E-state index in [0.717, 1.165) is 0 Å². The molecule has 0 bridgehead atoms. The zero-order valence-electron chi connectivity index (χ0n) is 12.2. The van der Waals surface area contributed by atoms with Crippen LogP contribution in [0.5, 0.6) is 0 Å². The third-order valence-corrected chi connectivity index (χ3v) is 2.86. The lowest BCUT2D eigenvalue weighted by Gasteiger charge is -2.15. The number of rotatable bonds is 7. The fourth-order valence-corrected chi connectivity index (χ4v) is 1.75. The molecule has 0 radical (unpaired) electrons. The minimum atomic E-state index is -0.451. The van der Waals surface area contributed by atoms with Crippen molar-refractivity contribution in [1.82, 2.24) is 25.3 Å². The molecule has 9 heteroatoms. The van der Waals surface area contributed by atoms with Crippen molar-refractivity contribution in [3.63, 3.8) is 0 Å². The summed E-state index contributed by atoms with van der Waals surface area (Å²) >= 11 is 0. The molecular formula is C12H19N7O2. The molecule has 21 heavy (non-hydrogen) atoms. The number of ether oxygens (including phenoxy) is 1. The number of fused-ring (bicyclic) bond motifs is 1. The Morgan fingerprint density at radius 3 is 3.00 bits per heavy atom. The molecule has 0 aliphatic carbocycles. The number of carbonyl (C=O) groups excluding carboxylic acids is 1. The molecule has 4 N–H and O–H groups in total. The number of carbonyl (C=O) groups is 1. The van der Waals surface area contributed by atoms with Gasteiger partial charge in [-0.1, -0.05) is 0 Å². The molecule has 1 unspecified atom stereocenters. The number of aromatic nitrogens is 4. The molecule has 9 nitrogen and oxygen atoms in total. The van der Waals surface area contributed by atoms with Crippen molar-refractivity contribution >= 4 is 28.8 Å². The number of methoxy groups -OCH3 is 1. The van der Waals surface area contributed by atoms with Gasteiger partial charge in [0.2, 0.25) is 11.9 Å². The fourth-order valence-electron chi connectivity index (χ4n) is 1.75. The van der Waals surface area contributed by atoms with Gasteiger partial charge in [0.25, 0.3) is 0 Å². The summed E-state index contributed by atoms with van der Waals surface area (Å²) < 4.78 is 4.89. The van der Waals surface area contributed by atoms with E-state index < -0.39 is 6.04 Å². The molecule has 0 fully saturated rings. The van der Waals surface area contributed by atoms with Crippen molar-refractivity contribution in [2.75, 3.05) is 37.9 Å². The van der Waals surface area contributed by atoms with Crippen molar-refractivity contribution in [1.29, 1.82) is 0 Å². The van der Waals surface area contributed by atoms with E-state index in [-0.39, 0.29) is 5.91 Å². The Labute approximate surface area is 121 Å². The minimum absolute atomic E-state index is 0.135. The monoisotopic (exact) mass is 293 g/mol. The predicted molar refractivity (Wildman–Crippen MR) is 79.2 cm³/mol. The number of H-pyrrole nitrogens is 1. The zero-order valence-corrected chi connectivity index (χ0v) is 12.2. The van der Waals surface area contributed by atoms with E-state index in [1.807, 2.05) is 0 Å². The summed E-state index contributed by atoms with van der Waals surface area (Å²) in [5.74, 6) is 0.824. The van der Waals surface area contributed by atoms with Gasteiger partial charge in [0.1, 0.15) is 11.6 Å². The first kappa shape index (κ1) is 15.0. The second kappa shape index (κ2) is 6.84. The molecule has 0 aliphatic rings. The van der Waals surface area contributed by atoms with E-state index in [2.05, 4.69) is 35.9 Å². The Kier molecular flexibility index (Phi) is 4.88. The van der Waals surface area contributed by atoms with Gasteiger partial charge in [-0.05, 0) is 6.92 Å². The number of hydrogen-bond acceptors (Lipinski definition) is 7. The van der Waals surface area contributed by atoms with Crippen LogP contribution < -0.4 is 16.0 Å². The average molecular weight is 293 g/mol. The summed E-state index contributed by atoms with van der Waals surface area (Å²) in [6.07, 6.45) is 1.54. The second-order valence-corrected chi connectivity index (χ2v) is 4.40. The summed E-state index contributed by atoms with van der Waals surface area (Å²) in [6.45, 7) is 2.69. The maximum absolute atomic E-state index is 11.9. The standard InChI is InChI=1S/C12H19N7O2/c1-7(11(20)14-4-5-21-3)17-10-8-9(16-6-15-8)18-12(13-2)19-10/h6-7H,4-5H2,1-3H3,(H,14,20)(H3,13,15,16,17,18,19). The average Bonchev–Trinajstić information content (AvgIpc) is 2.95. The quantitative estimate of drug-likeness (QED) is 0.529. The molecule has 114 valence electrons. The second-order valence-electron chi connectivity index (χ2n) is 4.40. The van der Waals surface area contributed by atoms with Crippen LogP contribution in [0.2, 0.25) is 0 Å². The molecule has 2 rings (SSSR count). The number of hydrogen-bond donors (Lipinski definition) is 4. The third-order valence-electron chi connectivity index (χ3n) is 2.86. The minimum Gasteiger partial charge on any atom is -0.383 e. The summed E-state index contributed by atoms with van der Waals surface area (Å²) in [5.41, 5.74) is 1.19. The first-order chi connectivity index (χ1) is 10.2. The van der Waals surface area contributed by atoms with E-state index >= 15 is 0 Å². The highest BCUT2D eigenvalue weighted by molar-refractivity contribution is 5.89. The molecule has 2 aromatic rings. The molecule has 0 aromatic carbocycles. The van der Waals surface area contributed by atoms with E-state index in [4.69, 9.17) is 4.74 Å². The van der Waals surface area contributed by atoms with Crippen LogP contribution in [0.4, 0.5) is 11.8 Å². The zero-order chi connectivity index (χ0) is 15.2. The van der Waals surface area contributed by atoms with Crippen LogP contribution in [0.1, 0.15) is 6.92 Å². The SMILES string of the molecule is CNc1nc(NC(C)C(=O)NCCOC)c2[nH]cnc2n1. The highest BCUT2D eigenvalue weighted by Gasteiger charge is 2.16. The normalized spacial score (nSPS) is 12.1. The third kappa shape index (κ3) is 3.57. The van der Waals surface area contributed by atoms with Gasteiger partial charge in [0.05, 0.1) is 12.9 Å². The van der Waals surface area contributed by atoms with Crippen LogP contribution in [0, 0.1) is 0 Å². The number of aromatic amines is 1. The lowest BCUT2D eigenvalue weighted by molar-refractivity contribution is -0.121. The van der Waals surface area contributed by atoms with Gasteiger partial charge in [-0.15, -0.1) is 0 Å². The van der Waals surface area contributed by atoms with Gasteiger partial charge in [0.15, 0.2) is 11.5 Å². The number of nitrogens with zero attached hydrogens (tertiary/aromatic N) is 3. The van der Waals surface area contributed by atoms with Crippen molar-refractivity contribution in [3.8, 4) is 0 Å². The smallest absolute Gasteiger partial charge is 0.242 e. The van der Waals surface area contributed by atoms with Crippen molar-refractivity contribution in [2.24, 2.45) is 0 Å². The molecular weight excluding hydrogens is 274 g/mol. The lowest BCUT2D eigenvalue weighted by atomic mass is 10.3. The summed E-state index contributed by atoms with van der Waals surface area (Å²) in [6, 6.07) is -0.451. The van der Waals surface area contributed by atoms with Gasteiger partial charge in [-0.3, -0.25) is 4.79 Å². The highest BCUT2D eigenvalue weighted by Crippen LogP contribution is 2.19. The molecule has 1 atom stereocenters. The molecule has 1 amide bonds. The molecule has 0 aliphatic heterocycles. The van der Waals surface area contributed by atoms with Crippen LogP contribution in [0.15, 0.2) is 6.33 Å². The van der Waals surface area contributed by atoms with E-state index in [1.54, 1.807) is 21.1 Å². The van der Waals surface area contributed by atoms with Crippen LogP contribution in [-0.2, 0) is 9.53 Å². The number of nitrogens with one attached hydrogen (secondary N) is 4. The molecule has 0 saturated heterocycles. The topological polar surface area (TPSA) is 117 Å². The Morgan fingerprint density at radius 1 is 1.48 bits per heavy atom. The Morgan fingerprint density at radius 2 is 2.29 bits per heavy atom. The molecule has 0 saturated carbocycles. The fraction of sp³-hybridized carbons (Fsp3) is 0.500. The van der Waals surface area contributed by atoms with Gasteiger partial charge >= 0.3 is 0 Å². The predicted octanol–water partition coefficient (Wildman–Crippen LogP) is -0.0424. The van der Waals surface area contributed by atoms with Crippen molar-refractivity contribution in [3.05, 3.63) is 6.33 Å². The number of amides is 1. The Balaban J connectivity index is 2.11. The number of imidazole rings is 1. The largest absolute Gasteiger partial charge is 0.383 e. The van der Waals surface area contributed by atoms with Crippen LogP contribution in [0.25, 0.3) is 11.2 Å². The van der Waals surface area contributed by atoms with Gasteiger partial charge in [-0.25, -0.2) is 4.98 Å². The van der Waals surface area contributed by atoms with Crippen LogP contribution in [-0.4, -0.2) is 59.2 Å². The van der Waals surface area contributed by atoms with Crippen LogP contribution >= 0.6 is 0 Å². The first-order valence-corrected chi connectivity index (χ1v) is 6.57. The lowest BCUT2D eigenvalue weighted by Crippen LogP contribution is -2.39. The Hall–Kier alpha value is -2.42. The molecule has 2 heterocycles. The molecule has 0 spiro atoms. The van der Waals surface area contributed by atoms with Crippen molar-refractivity contribution in [2.45, 2.75) is 13.0 Å². The summed E-state index contributed by atoms with van der Waals surface area (Å²) in [5, 5.41) is 8.68. The highest BCUT2D eigenvalue weighted by atomic mass is 16.5. The Bertz CT molecular complexity index is 613. The maximum Gasteiger partial charge on any atom is 0.242 e. The first-order valence-electron chi connectivity index (χ1n) is 6.57. The number of anilines is 2. The van der Waals surface area contributed by atoms with Crippen molar-refractivity contribution < 1.29 is 9.53 Å². The van der Waals surface area contributed by atoms with E-state index in [0.29, 0.717) is 36.1 Å². The van der Waals surface area contributed by atoms with Gasteiger partial charge in [0, 0.05) is 20.7 Å². The summed E-state index contributed by atoms with van der Waals surface area (Å²) in [7, 11) is 3.31. The van der Waals surface area contributed by atoms with Gasteiger partial charge in [-0.2, -0.15) is 9.97 Å². The van der Waals surface area contributed by atoms with Gasteiger partial charge < -0.3 is 25.7 Å². The maximum atomic E-state index is 11.9.